The number of urea groups is 1. The molecule has 14 heteroatoms. The fourth-order valence-corrected chi connectivity index (χ4v) is 4.29. The van der Waals surface area contributed by atoms with Crippen LogP contribution in [0, 0.1) is 5.82 Å². The number of carbonyl (C=O) groups excluding carboxylic acids is 3. The minimum absolute atomic E-state index is 0.0165. The molecule has 1 aromatic heterocycles. The maximum Gasteiger partial charge on any atom is 0.410 e. The molecular weight excluding hydrogens is 562 g/mol. The molecule has 1 fully saturated rings. The molecule has 3 atom stereocenters. The van der Waals surface area contributed by atoms with Crippen molar-refractivity contribution in [2.24, 2.45) is 0 Å². The quantitative estimate of drug-likeness (QED) is 0.300. The van der Waals surface area contributed by atoms with Gasteiger partial charge in [-0.3, -0.25) is 4.79 Å². The van der Waals surface area contributed by atoms with Crippen molar-refractivity contribution in [3.8, 4) is 0 Å². The summed E-state index contributed by atoms with van der Waals surface area (Å²) in [6, 6.07) is 11.4. The van der Waals surface area contributed by atoms with Crippen LogP contribution >= 0.6 is 0 Å². The van der Waals surface area contributed by atoms with Crippen molar-refractivity contribution in [3.63, 3.8) is 0 Å². The molecule has 0 aliphatic carbocycles. The molecule has 1 saturated heterocycles. The molecule has 0 unspecified atom stereocenters. The van der Waals surface area contributed by atoms with E-state index < -0.39 is 54.7 Å². The van der Waals surface area contributed by atoms with E-state index in [1.54, 1.807) is 30.3 Å². The zero-order chi connectivity index (χ0) is 30.3. The fourth-order valence-electron chi connectivity index (χ4n) is 4.29. The predicted molar refractivity (Wildman–Crippen MR) is 141 cm³/mol. The van der Waals surface area contributed by atoms with E-state index in [9.17, 15) is 31.9 Å². The van der Waals surface area contributed by atoms with E-state index in [0.717, 1.165) is 22.6 Å². The van der Waals surface area contributed by atoms with Gasteiger partial charge in [0.25, 0.3) is 5.91 Å². The van der Waals surface area contributed by atoms with E-state index in [-0.39, 0.29) is 24.6 Å². The summed E-state index contributed by atoms with van der Waals surface area (Å²) in [7, 11) is 1.34. The van der Waals surface area contributed by atoms with Crippen LogP contribution in [-0.2, 0) is 20.9 Å². The third-order valence-electron chi connectivity index (χ3n) is 6.39. The molecular formula is C28H27F4N5O5. The second-order valence-electron chi connectivity index (χ2n) is 9.32. The van der Waals surface area contributed by atoms with Crippen molar-refractivity contribution in [1.82, 2.24) is 20.5 Å². The van der Waals surface area contributed by atoms with Gasteiger partial charge in [0.2, 0.25) is 0 Å². The number of hydrogen-bond donors (Lipinski definition) is 3. The lowest BCUT2D eigenvalue weighted by molar-refractivity contribution is -0.150. The average Bonchev–Trinajstić information content (AvgIpc) is 3.36. The van der Waals surface area contributed by atoms with E-state index in [1.807, 2.05) is 5.32 Å². The highest BCUT2D eigenvalue weighted by atomic mass is 19.4. The summed E-state index contributed by atoms with van der Waals surface area (Å²) in [4.78, 5) is 43.4. The molecule has 0 bridgehead atoms. The number of halogens is 4. The summed E-state index contributed by atoms with van der Waals surface area (Å²) in [6.45, 7) is -0.835. The monoisotopic (exact) mass is 589 g/mol. The first-order valence-electron chi connectivity index (χ1n) is 12.7. The van der Waals surface area contributed by atoms with Crippen LogP contribution < -0.4 is 16.0 Å². The second-order valence-corrected chi connectivity index (χ2v) is 9.32. The van der Waals surface area contributed by atoms with Crippen LogP contribution in [-0.4, -0.2) is 60.4 Å². The van der Waals surface area contributed by atoms with Crippen molar-refractivity contribution in [2.45, 2.75) is 30.9 Å². The Kier molecular flexibility index (Phi) is 9.57. The lowest BCUT2D eigenvalue weighted by Crippen LogP contribution is -2.40. The van der Waals surface area contributed by atoms with Gasteiger partial charge in [-0.1, -0.05) is 42.5 Å². The number of nitrogens with one attached hydrogen (secondary N) is 3. The number of nitrogens with zero attached hydrogens (tertiary/aromatic N) is 2. The highest BCUT2D eigenvalue weighted by molar-refractivity contribution is 5.96. The topological polar surface area (TPSA) is 122 Å². The van der Waals surface area contributed by atoms with Gasteiger partial charge < -0.3 is 30.3 Å². The molecule has 1 aliphatic heterocycles. The van der Waals surface area contributed by atoms with Gasteiger partial charge in [-0.25, -0.2) is 19.0 Å². The molecule has 0 saturated carbocycles. The van der Waals surface area contributed by atoms with Gasteiger partial charge in [0.15, 0.2) is 0 Å². The van der Waals surface area contributed by atoms with Crippen molar-refractivity contribution in [2.75, 3.05) is 25.6 Å². The van der Waals surface area contributed by atoms with E-state index in [2.05, 4.69) is 15.6 Å². The summed E-state index contributed by atoms with van der Waals surface area (Å²) >= 11 is 0. The number of amides is 4. The van der Waals surface area contributed by atoms with Crippen LogP contribution in [0.25, 0.3) is 0 Å². The largest absolute Gasteiger partial charge is 0.445 e. The number of ether oxygens (including phenoxy) is 2. The molecule has 4 rings (SSSR count). The van der Waals surface area contributed by atoms with Gasteiger partial charge >= 0.3 is 18.3 Å². The number of methoxy groups -OCH3 is 1. The minimum atomic E-state index is -4.63. The van der Waals surface area contributed by atoms with Gasteiger partial charge in [-0.15, -0.1) is 0 Å². The van der Waals surface area contributed by atoms with Crippen molar-refractivity contribution in [1.29, 1.82) is 0 Å². The zero-order valence-electron chi connectivity index (χ0n) is 22.2. The number of pyridine rings is 1. The van der Waals surface area contributed by atoms with Crippen LogP contribution in [0.3, 0.4) is 0 Å². The van der Waals surface area contributed by atoms with E-state index in [4.69, 9.17) is 9.47 Å². The molecule has 3 N–H and O–H groups in total. The van der Waals surface area contributed by atoms with Crippen LogP contribution in [0.5, 0.6) is 0 Å². The highest BCUT2D eigenvalue weighted by Gasteiger charge is 2.48. The number of rotatable bonds is 10. The van der Waals surface area contributed by atoms with Gasteiger partial charge in [0.1, 0.15) is 30.3 Å². The second kappa shape index (κ2) is 13.3. The Morgan fingerprint density at radius 2 is 1.81 bits per heavy atom. The third kappa shape index (κ3) is 7.72. The van der Waals surface area contributed by atoms with Gasteiger partial charge in [0, 0.05) is 13.3 Å². The van der Waals surface area contributed by atoms with E-state index >= 15 is 0 Å². The highest BCUT2D eigenvalue weighted by Crippen LogP contribution is 2.31. The number of aromatic nitrogens is 1. The molecule has 1 aliphatic rings. The molecule has 10 nitrogen and oxygen atoms in total. The van der Waals surface area contributed by atoms with Crippen LogP contribution in [0.4, 0.5) is 33.0 Å². The number of alkyl carbamates (subject to hydrolysis) is 1. The minimum Gasteiger partial charge on any atom is -0.445 e. The van der Waals surface area contributed by atoms with Gasteiger partial charge in [0.05, 0.1) is 19.2 Å². The Morgan fingerprint density at radius 3 is 2.45 bits per heavy atom. The van der Waals surface area contributed by atoms with Crippen LogP contribution in [0.15, 0.2) is 72.9 Å². The number of anilines is 1. The molecule has 0 spiro atoms. The first kappa shape index (κ1) is 30.2. The Bertz CT molecular complexity index is 1390. The summed E-state index contributed by atoms with van der Waals surface area (Å²) in [5.41, 5.74) is 1.30. The summed E-state index contributed by atoms with van der Waals surface area (Å²) in [5.74, 6) is -1.33. The SMILES string of the molecule is COC[C@H](c1ccnc(NC(=O)[C@@H](NC(=O)OCc2ccccc2)c2ccc(F)cc2)c1)N1C[C@@H](C(F)(F)F)NC1=O. The molecule has 222 valence electrons. The number of hydrogen-bond acceptors (Lipinski definition) is 6. The smallest absolute Gasteiger partial charge is 0.410 e. The third-order valence-corrected chi connectivity index (χ3v) is 6.39. The van der Waals surface area contributed by atoms with Gasteiger partial charge in [-0.05, 0) is 41.0 Å². The maximum atomic E-state index is 13.6. The average molecular weight is 590 g/mol. The summed E-state index contributed by atoms with van der Waals surface area (Å²) in [6.07, 6.45) is -4.24. The summed E-state index contributed by atoms with van der Waals surface area (Å²) in [5, 5.41) is 6.93. The standard InChI is InChI=1S/C28H27F4N5O5/c1-41-16-21(37-14-22(28(30,31)32)34-26(37)39)19-11-12-33-23(13-19)35-25(38)24(18-7-9-20(29)10-8-18)36-27(40)42-15-17-5-3-2-4-6-17/h2-13,21-22,24H,14-16H2,1H3,(H,34,39)(H,36,40)(H,33,35,38)/t21-,22+,24+/m1/s1. The van der Waals surface area contributed by atoms with Crippen molar-refractivity contribution in [3.05, 3.63) is 95.4 Å². The van der Waals surface area contributed by atoms with E-state index in [1.165, 1.54) is 37.6 Å². The Hall–Kier alpha value is -4.72. The Labute approximate surface area is 238 Å². The molecule has 4 amide bonds. The maximum absolute atomic E-state index is 13.6. The van der Waals surface area contributed by atoms with Crippen molar-refractivity contribution < 1.29 is 41.4 Å². The van der Waals surface area contributed by atoms with Gasteiger partial charge in [-0.2, -0.15) is 13.2 Å². The number of carbonyl (C=O) groups is 3. The van der Waals surface area contributed by atoms with Crippen LogP contribution in [0.1, 0.15) is 28.8 Å². The zero-order valence-corrected chi connectivity index (χ0v) is 22.2. The number of benzene rings is 2. The molecule has 2 heterocycles. The fraction of sp³-hybridized carbons (Fsp3) is 0.286. The molecule has 0 radical (unpaired) electrons. The number of alkyl halides is 3. The van der Waals surface area contributed by atoms with Crippen LogP contribution in [0.2, 0.25) is 0 Å². The normalized spacial score (nSPS) is 16.4. The molecule has 42 heavy (non-hydrogen) atoms. The molecule has 2 aromatic carbocycles. The lowest BCUT2D eigenvalue weighted by atomic mass is 10.1. The van der Waals surface area contributed by atoms with E-state index in [0.29, 0.717) is 5.56 Å². The Morgan fingerprint density at radius 1 is 1.10 bits per heavy atom. The molecule has 3 aromatic rings. The lowest BCUT2D eigenvalue weighted by Gasteiger charge is -2.27. The first-order chi connectivity index (χ1) is 20.0. The first-order valence-corrected chi connectivity index (χ1v) is 12.7. The summed E-state index contributed by atoms with van der Waals surface area (Å²) < 4.78 is 63.7. The Balaban J connectivity index is 1.51. The predicted octanol–water partition coefficient (Wildman–Crippen LogP) is 4.47. The van der Waals surface area contributed by atoms with Crippen molar-refractivity contribution >= 4 is 23.8 Å².